The maximum absolute atomic E-state index is 11.9. The van der Waals surface area contributed by atoms with Crippen molar-refractivity contribution in [1.29, 1.82) is 0 Å². The molecule has 0 unspecified atom stereocenters. The minimum absolute atomic E-state index is 0.148. The van der Waals surface area contributed by atoms with Crippen LogP contribution in [0.3, 0.4) is 0 Å². The SMILES string of the molecule is CCn1c(CNC(=O)/C=C\c2nccs2)nc2ccccc21. The van der Waals surface area contributed by atoms with Crippen molar-refractivity contribution in [1.82, 2.24) is 19.9 Å². The average molecular weight is 312 g/mol. The van der Waals surface area contributed by atoms with Gasteiger partial charge in [-0.25, -0.2) is 9.97 Å². The molecule has 0 aliphatic rings. The third kappa shape index (κ3) is 3.07. The highest BCUT2D eigenvalue weighted by Gasteiger charge is 2.09. The molecular formula is C16H16N4OS. The Labute approximate surface area is 132 Å². The number of amides is 1. The number of hydrogen-bond acceptors (Lipinski definition) is 4. The van der Waals surface area contributed by atoms with Crippen molar-refractivity contribution in [2.45, 2.75) is 20.0 Å². The van der Waals surface area contributed by atoms with Gasteiger partial charge in [-0.1, -0.05) is 12.1 Å². The Kier molecular flexibility index (Phi) is 4.29. The Hall–Kier alpha value is -2.47. The number of imidazole rings is 1. The predicted octanol–water partition coefficient (Wildman–Crippen LogP) is 2.84. The number of hydrogen-bond donors (Lipinski definition) is 1. The molecular weight excluding hydrogens is 296 g/mol. The van der Waals surface area contributed by atoms with Gasteiger partial charge in [0, 0.05) is 24.2 Å². The van der Waals surface area contributed by atoms with E-state index in [1.54, 1.807) is 12.3 Å². The Bertz CT molecular complexity index is 805. The van der Waals surface area contributed by atoms with Gasteiger partial charge in [0.1, 0.15) is 10.8 Å². The molecule has 6 heteroatoms. The Balaban J connectivity index is 1.70. The summed E-state index contributed by atoms with van der Waals surface area (Å²) in [7, 11) is 0. The molecule has 1 N–H and O–H groups in total. The molecule has 0 saturated heterocycles. The number of nitrogens with zero attached hydrogens (tertiary/aromatic N) is 3. The first-order valence-electron chi connectivity index (χ1n) is 7.07. The van der Waals surface area contributed by atoms with E-state index in [9.17, 15) is 4.79 Å². The molecule has 0 atom stereocenters. The number of rotatable bonds is 5. The van der Waals surface area contributed by atoms with E-state index < -0.39 is 0 Å². The first-order valence-corrected chi connectivity index (χ1v) is 7.95. The minimum Gasteiger partial charge on any atom is -0.345 e. The fourth-order valence-corrected chi connectivity index (χ4v) is 2.83. The van der Waals surface area contributed by atoms with Crippen LogP contribution in [-0.2, 0) is 17.9 Å². The summed E-state index contributed by atoms with van der Waals surface area (Å²) in [4.78, 5) is 20.5. The molecule has 0 saturated carbocycles. The smallest absolute Gasteiger partial charge is 0.244 e. The van der Waals surface area contributed by atoms with Crippen LogP contribution in [0.1, 0.15) is 17.8 Å². The van der Waals surface area contributed by atoms with Crippen molar-refractivity contribution in [3.05, 3.63) is 52.8 Å². The van der Waals surface area contributed by atoms with Gasteiger partial charge >= 0.3 is 0 Å². The number of carbonyl (C=O) groups excluding carboxylic acids is 1. The molecule has 3 rings (SSSR count). The quantitative estimate of drug-likeness (QED) is 0.737. The molecule has 22 heavy (non-hydrogen) atoms. The van der Waals surface area contributed by atoms with Crippen molar-refractivity contribution in [3.8, 4) is 0 Å². The number of aromatic nitrogens is 3. The van der Waals surface area contributed by atoms with E-state index in [0.717, 1.165) is 28.4 Å². The van der Waals surface area contributed by atoms with Gasteiger partial charge in [0.05, 0.1) is 17.6 Å². The summed E-state index contributed by atoms with van der Waals surface area (Å²) in [6, 6.07) is 7.98. The van der Waals surface area contributed by atoms with Crippen LogP contribution in [0.15, 0.2) is 41.9 Å². The summed E-state index contributed by atoms with van der Waals surface area (Å²) in [5.74, 6) is 0.713. The first kappa shape index (κ1) is 14.5. The highest BCUT2D eigenvalue weighted by Crippen LogP contribution is 2.15. The number of carbonyl (C=O) groups is 1. The van der Waals surface area contributed by atoms with E-state index in [4.69, 9.17) is 0 Å². The molecule has 2 aromatic heterocycles. The summed E-state index contributed by atoms with van der Waals surface area (Å²) in [5.41, 5.74) is 2.04. The molecule has 112 valence electrons. The van der Waals surface area contributed by atoms with Crippen LogP contribution in [0.25, 0.3) is 17.1 Å². The maximum atomic E-state index is 11.9. The van der Waals surface area contributed by atoms with Crippen molar-refractivity contribution < 1.29 is 4.79 Å². The first-order chi connectivity index (χ1) is 10.8. The van der Waals surface area contributed by atoms with Crippen molar-refractivity contribution in [3.63, 3.8) is 0 Å². The zero-order chi connectivity index (χ0) is 15.4. The third-order valence-corrected chi connectivity index (χ3v) is 4.04. The van der Waals surface area contributed by atoms with Crippen LogP contribution in [-0.4, -0.2) is 20.4 Å². The third-order valence-electron chi connectivity index (χ3n) is 3.30. The van der Waals surface area contributed by atoms with Crippen molar-refractivity contribution in [2.24, 2.45) is 0 Å². The topological polar surface area (TPSA) is 59.8 Å². The minimum atomic E-state index is -0.148. The van der Waals surface area contributed by atoms with Crippen molar-refractivity contribution in [2.75, 3.05) is 0 Å². The van der Waals surface area contributed by atoms with Gasteiger partial charge in [-0.3, -0.25) is 4.79 Å². The predicted molar refractivity (Wildman–Crippen MR) is 88.4 cm³/mol. The molecule has 0 radical (unpaired) electrons. The van der Waals surface area contributed by atoms with Gasteiger partial charge < -0.3 is 9.88 Å². The zero-order valence-electron chi connectivity index (χ0n) is 12.2. The van der Waals surface area contributed by atoms with Crippen molar-refractivity contribution >= 4 is 34.4 Å². The van der Waals surface area contributed by atoms with E-state index in [1.807, 2.05) is 29.6 Å². The van der Waals surface area contributed by atoms with Crippen LogP contribution >= 0.6 is 11.3 Å². The summed E-state index contributed by atoms with van der Waals surface area (Å²) in [6.45, 7) is 3.30. The summed E-state index contributed by atoms with van der Waals surface area (Å²) in [6.07, 6.45) is 4.92. The molecule has 0 spiro atoms. The highest BCUT2D eigenvalue weighted by atomic mass is 32.1. The van der Waals surface area contributed by atoms with Gasteiger partial charge in [-0.05, 0) is 25.1 Å². The van der Waals surface area contributed by atoms with E-state index >= 15 is 0 Å². The Morgan fingerprint density at radius 3 is 3.05 bits per heavy atom. The van der Waals surface area contributed by atoms with Gasteiger partial charge in [0.15, 0.2) is 0 Å². The molecule has 1 amide bonds. The van der Waals surface area contributed by atoms with Crippen LogP contribution < -0.4 is 5.32 Å². The zero-order valence-corrected chi connectivity index (χ0v) is 13.0. The lowest BCUT2D eigenvalue weighted by atomic mass is 10.3. The molecule has 0 fully saturated rings. The molecule has 1 aromatic carbocycles. The molecule has 2 heterocycles. The van der Waals surface area contributed by atoms with Crippen LogP contribution in [0.2, 0.25) is 0 Å². The molecule has 0 aliphatic carbocycles. The number of nitrogens with one attached hydrogen (secondary N) is 1. The molecule has 3 aromatic rings. The van der Waals surface area contributed by atoms with E-state index in [2.05, 4.69) is 26.8 Å². The normalized spacial score (nSPS) is 11.3. The Morgan fingerprint density at radius 2 is 2.27 bits per heavy atom. The summed E-state index contributed by atoms with van der Waals surface area (Å²) in [5, 5.41) is 5.56. The van der Waals surface area contributed by atoms with E-state index in [0.29, 0.717) is 6.54 Å². The second-order valence-electron chi connectivity index (χ2n) is 4.68. The molecule has 5 nitrogen and oxygen atoms in total. The fourth-order valence-electron chi connectivity index (χ4n) is 2.30. The number of para-hydroxylation sites is 2. The number of aryl methyl sites for hydroxylation is 1. The van der Waals surface area contributed by atoms with E-state index in [-0.39, 0.29) is 5.91 Å². The average Bonchev–Trinajstić information content (AvgIpc) is 3.17. The van der Waals surface area contributed by atoms with Gasteiger partial charge in [0.25, 0.3) is 0 Å². The monoisotopic (exact) mass is 312 g/mol. The number of benzene rings is 1. The van der Waals surface area contributed by atoms with Gasteiger partial charge in [-0.15, -0.1) is 11.3 Å². The maximum Gasteiger partial charge on any atom is 0.244 e. The number of fused-ring (bicyclic) bond motifs is 1. The standard InChI is InChI=1S/C16H16N4OS/c1-2-20-13-6-4-3-5-12(13)19-14(20)11-18-15(21)7-8-16-17-9-10-22-16/h3-10H,2,11H2,1H3,(H,18,21)/b8-7-. The van der Waals surface area contributed by atoms with Crippen LogP contribution in [0.5, 0.6) is 0 Å². The van der Waals surface area contributed by atoms with Crippen LogP contribution in [0, 0.1) is 0 Å². The summed E-state index contributed by atoms with van der Waals surface area (Å²) >= 11 is 1.49. The summed E-state index contributed by atoms with van der Waals surface area (Å²) < 4.78 is 2.11. The van der Waals surface area contributed by atoms with Gasteiger partial charge in [-0.2, -0.15) is 0 Å². The lowest BCUT2D eigenvalue weighted by Crippen LogP contribution is -2.22. The lowest BCUT2D eigenvalue weighted by molar-refractivity contribution is -0.116. The number of thiazole rings is 1. The second-order valence-corrected chi connectivity index (χ2v) is 5.61. The van der Waals surface area contributed by atoms with Crippen LogP contribution in [0.4, 0.5) is 0 Å². The largest absolute Gasteiger partial charge is 0.345 e. The highest BCUT2D eigenvalue weighted by molar-refractivity contribution is 7.10. The van der Waals surface area contributed by atoms with Gasteiger partial charge in [0.2, 0.25) is 5.91 Å². The lowest BCUT2D eigenvalue weighted by Gasteiger charge is -2.06. The Morgan fingerprint density at radius 1 is 1.41 bits per heavy atom. The van der Waals surface area contributed by atoms with E-state index in [1.165, 1.54) is 17.4 Å². The molecule has 0 aliphatic heterocycles. The molecule has 0 bridgehead atoms. The fraction of sp³-hybridized carbons (Fsp3) is 0.188. The second kappa shape index (κ2) is 6.53.